The van der Waals surface area contributed by atoms with Crippen molar-refractivity contribution in [2.24, 2.45) is 5.84 Å². The van der Waals surface area contributed by atoms with Gasteiger partial charge in [-0.05, 0) is 26.9 Å². The van der Waals surface area contributed by atoms with Crippen LogP contribution in [0.3, 0.4) is 0 Å². The minimum absolute atomic E-state index is 0.586. The summed E-state index contributed by atoms with van der Waals surface area (Å²) in [6.45, 7) is 4.12. The summed E-state index contributed by atoms with van der Waals surface area (Å²) in [7, 11) is 4.27. The van der Waals surface area contributed by atoms with Crippen molar-refractivity contribution in [3.63, 3.8) is 0 Å². The van der Waals surface area contributed by atoms with Gasteiger partial charge in [-0.15, -0.1) is 0 Å². The van der Waals surface area contributed by atoms with Crippen LogP contribution in [0, 0.1) is 0 Å². The number of nitrogen functional groups attached to an aromatic ring is 1. The van der Waals surface area contributed by atoms with Crippen LogP contribution in [0.4, 0.5) is 11.6 Å². The quantitative estimate of drug-likeness (QED) is 0.621. The lowest BCUT2D eigenvalue weighted by molar-refractivity contribution is 0.257. The maximum atomic E-state index is 5.48. The predicted octanol–water partition coefficient (Wildman–Crippen LogP) is 0.855. The van der Waals surface area contributed by atoms with Gasteiger partial charge in [-0.25, -0.2) is 15.8 Å². The SMILES string of the molecule is CCc1nc(NN)cc(N2CCCC(N(C)C)C2)n1. The number of likely N-dealkylation sites (N-methyl/N-ethyl adjacent to an activating group) is 1. The van der Waals surface area contributed by atoms with E-state index in [1.807, 2.05) is 6.07 Å². The molecule has 0 aromatic carbocycles. The summed E-state index contributed by atoms with van der Waals surface area (Å²) in [6, 6.07) is 2.51. The van der Waals surface area contributed by atoms with E-state index in [4.69, 9.17) is 5.84 Å². The van der Waals surface area contributed by atoms with E-state index in [1.165, 1.54) is 12.8 Å². The molecule has 6 heteroatoms. The van der Waals surface area contributed by atoms with Crippen LogP contribution in [0.1, 0.15) is 25.6 Å². The highest BCUT2D eigenvalue weighted by Gasteiger charge is 2.22. The van der Waals surface area contributed by atoms with E-state index < -0.39 is 0 Å². The molecule has 0 aliphatic carbocycles. The van der Waals surface area contributed by atoms with Gasteiger partial charge < -0.3 is 15.2 Å². The normalized spacial score (nSPS) is 19.8. The Labute approximate surface area is 115 Å². The van der Waals surface area contributed by atoms with Crippen molar-refractivity contribution in [3.8, 4) is 0 Å². The first-order chi connectivity index (χ1) is 9.13. The molecule has 1 aliphatic heterocycles. The van der Waals surface area contributed by atoms with E-state index in [1.54, 1.807) is 0 Å². The fraction of sp³-hybridized carbons (Fsp3) is 0.692. The molecule has 1 aliphatic rings. The van der Waals surface area contributed by atoms with Gasteiger partial charge in [-0.2, -0.15) is 0 Å². The predicted molar refractivity (Wildman–Crippen MR) is 78.1 cm³/mol. The molecular weight excluding hydrogens is 240 g/mol. The van der Waals surface area contributed by atoms with Crippen molar-refractivity contribution in [2.45, 2.75) is 32.2 Å². The molecule has 1 fully saturated rings. The molecule has 1 atom stereocenters. The van der Waals surface area contributed by atoms with Crippen LogP contribution in [0.25, 0.3) is 0 Å². The Morgan fingerprint density at radius 3 is 2.89 bits per heavy atom. The highest BCUT2D eigenvalue weighted by atomic mass is 15.3. The number of nitrogens with one attached hydrogen (secondary N) is 1. The van der Waals surface area contributed by atoms with Crippen molar-refractivity contribution in [3.05, 3.63) is 11.9 Å². The average molecular weight is 264 g/mol. The lowest BCUT2D eigenvalue weighted by Crippen LogP contribution is -2.45. The van der Waals surface area contributed by atoms with Crippen molar-refractivity contribution in [1.82, 2.24) is 14.9 Å². The molecule has 106 valence electrons. The van der Waals surface area contributed by atoms with Crippen LogP contribution >= 0.6 is 0 Å². The maximum Gasteiger partial charge on any atom is 0.145 e. The van der Waals surface area contributed by atoms with Crippen molar-refractivity contribution in [2.75, 3.05) is 37.5 Å². The maximum absolute atomic E-state index is 5.48. The summed E-state index contributed by atoms with van der Waals surface area (Å²) in [6.07, 6.45) is 3.25. The number of piperidine rings is 1. The number of rotatable bonds is 4. The average Bonchev–Trinajstić information content (AvgIpc) is 2.46. The van der Waals surface area contributed by atoms with E-state index in [0.717, 1.165) is 31.2 Å². The van der Waals surface area contributed by atoms with Gasteiger partial charge in [-0.3, -0.25) is 0 Å². The molecule has 2 heterocycles. The lowest BCUT2D eigenvalue weighted by atomic mass is 10.1. The number of aromatic nitrogens is 2. The summed E-state index contributed by atoms with van der Waals surface area (Å²) >= 11 is 0. The molecule has 2 rings (SSSR count). The molecule has 19 heavy (non-hydrogen) atoms. The Balaban J connectivity index is 2.20. The van der Waals surface area contributed by atoms with Gasteiger partial charge in [0.05, 0.1) is 0 Å². The molecule has 6 nitrogen and oxygen atoms in total. The number of hydrogen-bond acceptors (Lipinski definition) is 6. The van der Waals surface area contributed by atoms with Crippen LogP contribution in [0.5, 0.6) is 0 Å². The van der Waals surface area contributed by atoms with E-state index >= 15 is 0 Å². The fourth-order valence-electron chi connectivity index (χ4n) is 2.46. The van der Waals surface area contributed by atoms with Crippen LogP contribution < -0.4 is 16.2 Å². The van der Waals surface area contributed by atoms with Crippen LogP contribution in [0.2, 0.25) is 0 Å². The molecule has 0 bridgehead atoms. The smallest absolute Gasteiger partial charge is 0.145 e. The summed E-state index contributed by atoms with van der Waals surface area (Å²) in [5.74, 6) is 7.98. The van der Waals surface area contributed by atoms with Crippen LogP contribution in [-0.4, -0.2) is 48.1 Å². The standard InChI is InChI=1S/C13H24N6/c1-4-11-15-12(17-14)8-13(16-11)19-7-5-6-10(9-19)18(2)3/h8,10H,4-7,9,14H2,1-3H3,(H,15,16,17). The molecule has 1 saturated heterocycles. The van der Waals surface area contributed by atoms with E-state index in [-0.39, 0.29) is 0 Å². The molecular formula is C13H24N6. The van der Waals surface area contributed by atoms with Crippen molar-refractivity contribution in [1.29, 1.82) is 0 Å². The minimum atomic E-state index is 0.586. The molecule has 1 aromatic rings. The van der Waals surface area contributed by atoms with E-state index in [2.05, 4.69) is 46.2 Å². The molecule has 0 spiro atoms. The van der Waals surface area contributed by atoms with E-state index in [0.29, 0.717) is 11.9 Å². The number of hydrogen-bond donors (Lipinski definition) is 2. The molecule has 0 radical (unpaired) electrons. The van der Waals surface area contributed by atoms with Crippen LogP contribution in [0.15, 0.2) is 6.07 Å². The second-order valence-corrected chi connectivity index (χ2v) is 5.23. The third kappa shape index (κ3) is 3.33. The highest BCUT2D eigenvalue weighted by Crippen LogP contribution is 2.22. The Morgan fingerprint density at radius 1 is 1.47 bits per heavy atom. The van der Waals surface area contributed by atoms with Gasteiger partial charge in [0.1, 0.15) is 17.5 Å². The molecule has 1 aromatic heterocycles. The zero-order valence-corrected chi connectivity index (χ0v) is 12.1. The second kappa shape index (κ2) is 6.16. The number of nitrogens with two attached hydrogens (primary N) is 1. The van der Waals surface area contributed by atoms with Gasteiger partial charge in [0.2, 0.25) is 0 Å². The first-order valence-electron chi connectivity index (χ1n) is 6.90. The Bertz CT molecular complexity index is 397. The Kier molecular flexibility index (Phi) is 4.55. The van der Waals surface area contributed by atoms with Gasteiger partial charge >= 0.3 is 0 Å². The highest BCUT2D eigenvalue weighted by molar-refractivity contribution is 5.49. The third-order valence-corrected chi connectivity index (χ3v) is 3.67. The Hall–Kier alpha value is -1.40. The first kappa shape index (κ1) is 14.0. The number of anilines is 2. The van der Waals surface area contributed by atoms with Crippen LogP contribution in [-0.2, 0) is 6.42 Å². The first-order valence-corrected chi connectivity index (χ1v) is 6.90. The van der Waals surface area contributed by atoms with Gasteiger partial charge in [0.15, 0.2) is 0 Å². The number of nitrogens with zero attached hydrogens (tertiary/aromatic N) is 4. The monoisotopic (exact) mass is 264 g/mol. The zero-order chi connectivity index (χ0) is 13.8. The molecule has 1 unspecified atom stereocenters. The summed E-state index contributed by atoms with van der Waals surface area (Å²) in [4.78, 5) is 13.6. The summed E-state index contributed by atoms with van der Waals surface area (Å²) in [5, 5.41) is 0. The molecule has 3 N–H and O–H groups in total. The zero-order valence-electron chi connectivity index (χ0n) is 12.1. The van der Waals surface area contributed by atoms with Gasteiger partial charge in [0.25, 0.3) is 0 Å². The Morgan fingerprint density at radius 2 is 2.26 bits per heavy atom. The topological polar surface area (TPSA) is 70.3 Å². The number of aryl methyl sites for hydroxylation is 1. The van der Waals surface area contributed by atoms with E-state index in [9.17, 15) is 0 Å². The fourth-order valence-corrected chi connectivity index (χ4v) is 2.46. The van der Waals surface area contributed by atoms with Crippen molar-refractivity contribution < 1.29 is 0 Å². The summed E-state index contributed by atoms with van der Waals surface area (Å²) in [5.41, 5.74) is 2.63. The van der Waals surface area contributed by atoms with Gasteiger partial charge in [-0.1, -0.05) is 6.92 Å². The largest absolute Gasteiger partial charge is 0.355 e. The number of hydrazine groups is 1. The summed E-state index contributed by atoms with van der Waals surface area (Å²) < 4.78 is 0. The van der Waals surface area contributed by atoms with Gasteiger partial charge in [0, 0.05) is 31.6 Å². The lowest BCUT2D eigenvalue weighted by Gasteiger charge is -2.36. The van der Waals surface area contributed by atoms with Crippen molar-refractivity contribution >= 4 is 11.6 Å². The third-order valence-electron chi connectivity index (χ3n) is 3.67. The molecule has 0 amide bonds. The molecule has 0 saturated carbocycles. The minimum Gasteiger partial charge on any atom is -0.355 e. The second-order valence-electron chi connectivity index (χ2n) is 5.23.